The summed E-state index contributed by atoms with van der Waals surface area (Å²) in [6, 6.07) is 3.44. The number of aromatic nitrogens is 3. The molecule has 0 saturated heterocycles. The van der Waals surface area contributed by atoms with Crippen molar-refractivity contribution in [3.63, 3.8) is 0 Å². The van der Waals surface area contributed by atoms with E-state index >= 15 is 0 Å². The topological polar surface area (TPSA) is 111 Å². The minimum atomic E-state index is -0.577. The molecule has 0 aromatic carbocycles. The third kappa shape index (κ3) is 3.04. The maximum atomic E-state index is 14.2. The summed E-state index contributed by atoms with van der Waals surface area (Å²) in [5, 5.41) is 7.80. The van der Waals surface area contributed by atoms with Crippen LogP contribution in [0.1, 0.15) is 44.0 Å². The van der Waals surface area contributed by atoms with Crippen molar-refractivity contribution >= 4 is 17.1 Å². The summed E-state index contributed by atoms with van der Waals surface area (Å²) in [6.45, 7) is 6.29. The fourth-order valence-corrected chi connectivity index (χ4v) is 4.10. The van der Waals surface area contributed by atoms with Gasteiger partial charge in [-0.1, -0.05) is 13.8 Å². The molecule has 0 radical (unpaired) electrons. The number of carbonyl (C=O) groups excluding carboxylic acids is 1. The first-order valence-corrected chi connectivity index (χ1v) is 9.58. The highest BCUT2D eigenvalue weighted by Crippen LogP contribution is 2.46. The number of halogens is 1. The number of nitrogens with zero attached hydrogens (tertiary/aromatic N) is 3. The normalized spacial score (nSPS) is 23.4. The van der Waals surface area contributed by atoms with Gasteiger partial charge in [0.15, 0.2) is 0 Å². The van der Waals surface area contributed by atoms with Gasteiger partial charge in [0.25, 0.3) is 5.91 Å². The predicted molar refractivity (Wildman–Crippen MR) is 110 cm³/mol. The van der Waals surface area contributed by atoms with Gasteiger partial charge in [0.05, 0.1) is 29.2 Å². The second kappa shape index (κ2) is 6.52. The van der Waals surface area contributed by atoms with Gasteiger partial charge in [-0.3, -0.25) is 9.78 Å². The lowest BCUT2D eigenvalue weighted by Gasteiger charge is -2.39. The van der Waals surface area contributed by atoms with Crippen molar-refractivity contribution in [3.05, 3.63) is 48.3 Å². The van der Waals surface area contributed by atoms with E-state index in [1.807, 2.05) is 6.92 Å². The molecule has 4 rings (SSSR count). The van der Waals surface area contributed by atoms with E-state index in [1.165, 1.54) is 18.6 Å². The molecule has 1 aliphatic carbocycles. The Balaban J connectivity index is 1.84. The van der Waals surface area contributed by atoms with Gasteiger partial charge >= 0.3 is 0 Å². The Morgan fingerprint density at radius 2 is 2.10 bits per heavy atom. The Bertz CT molecular complexity index is 1100. The zero-order chi connectivity index (χ0) is 21.0. The number of primary amides is 1. The maximum absolute atomic E-state index is 14.2. The van der Waals surface area contributed by atoms with Gasteiger partial charge in [-0.15, -0.1) is 0 Å². The molecule has 1 fully saturated rings. The molecule has 3 aromatic rings. The van der Waals surface area contributed by atoms with Crippen molar-refractivity contribution in [1.29, 1.82) is 0 Å². The lowest BCUT2D eigenvalue weighted by Crippen LogP contribution is -2.51. The van der Waals surface area contributed by atoms with E-state index in [4.69, 9.17) is 11.5 Å². The molecule has 0 spiro atoms. The lowest BCUT2D eigenvalue weighted by molar-refractivity contribution is 0.100. The fourth-order valence-electron chi connectivity index (χ4n) is 4.10. The Labute approximate surface area is 168 Å². The van der Waals surface area contributed by atoms with Gasteiger partial charge in [-0.25, -0.2) is 8.91 Å². The molecule has 0 unspecified atom stereocenters. The predicted octanol–water partition coefficient (Wildman–Crippen LogP) is 2.95. The number of carbonyl (C=O) groups is 1. The van der Waals surface area contributed by atoms with Crippen LogP contribution in [-0.2, 0) is 0 Å². The Morgan fingerprint density at radius 3 is 2.72 bits per heavy atom. The van der Waals surface area contributed by atoms with E-state index in [0.29, 0.717) is 27.9 Å². The van der Waals surface area contributed by atoms with Gasteiger partial charge in [0.2, 0.25) is 0 Å². The summed E-state index contributed by atoms with van der Waals surface area (Å²) in [5.41, 5.74) is 14.1. The van der Waals surface area contributed by atoms with E-state index in [9.17, 15) is 9.18 Å². The molecule has 0 aliphatic heterocycles. The summed E-state index contributed by atoms with van der Waals surface area (Å²) >= 11 is 0. The van der Waals surface area contributed by atoms with E-state index in [2.05, 4.69) is 29.2 Å². The molecule has 3 heterocycles. The SMILES string of the molecule is CC1(C)[C@H](Nc2c(C(N)=O)cnn3cc(-c4ccncc4F)cc23)CC[C@@]1(C)N. The van der Waals surface area contributed by atoms with Gasteiger partial charge in [-0.05, 0) is 31.9 Å². The number of pyridine rings is 1. The van der Waals surface area contributed by atoms with Crippen LogP contribution in [0.25, 0.3) is 16.6 Å². The molecule has 2 atom stereocenters. The third-order valence-corrected chi connectivity index (χ3v) is 6.60. The number of fused-ring (bicyclic) bond motifs is 1. The Kier molecular flexibility index (Phi) is 4.34. The van der Waals surface area contributed by atoms with Crippen molar-refractivity contribution in [1.82, 2.24) is 14.6 Å². The summed E-state index contributed by atoms with van der Waals surface area (Å²) in [5.74, 6) is -1.00. The molecule has 1 saturated carbocycles. The summed E-state index contributed by atoms with van der Waals surface area (Å²) < 4.78 is 15.8. The first-order valence-electron chi connectivity index (χ1n) is 9.58. The molecule has 1 aliphatic rings. The highest BCUT2D eigenvalue weighted by Gasteiger charge is 2.49. The van der Waals surface area contributed by atoms with E-state index in [-0.39, 0.29) is 17.0 Å². The van der Waals surface area contributed by atoms with Crippen molar-refractivity contribution in [2.75, 3.05) is 5.32 Å². The third-order valence-electron chi connectivity index (χ3n) is 6.60. The Hall–Kier alpha value is -3.00. The maximum Gasteiger partial charge on any atom is 0.252 e. The molecular weight excluding hydrogens is 371 g/mol. The van der Waals surface area contributed by atoms with Crippen molar-refractivity contribution in [3.8, 4) is 11.1 Å². The van der Waals surface area contributed by atoms with Crippen LogP contribution in [0.4, 0.5) is 10.1 Å². The zero-order valence-electron chi connectivity index (χ0n) is 16.7. The average molecular weight is 396 g/mol. The van der Waals surface area contributed by atoms with E-state index < -0.39 is 11.7 Å². The number of rotatable bonds is 4. The second-order valence-electron chi connectivity index (χ2n) is 8.59. The molecule has 3 aromatic heterocycles. The van der Waals surface area contributed by atoms with Crippen molar-refractivity contribution in [2.24, 2.45) is 16.9 Å². The number of hydrogen-bond acceptors (Lipinski definition) is 5. The monoisotopic (exact) mass is 396 g/mol. The lowest BCUT2D eigenvalue weighted by atomic mass is 9.75. The van der Waals surface area contributed by atoms with Crippen molar-refractivity contribution < 1.29 is 9.18 Å². The van der Waals surface area contributed by atoms with Crippen molar-refractivity contribution in [2.45, 2.75) is 45.2 Å². The van der Waals surface area contributed by atoms with Gasteiger partial charge in [0.1, 0.15) is 5.82 Å². The second-order valence-corrected chi connectivity index (χ2v) is 8.59. The molecule has 1 amide bonds. The number of anilines is 1. The van der Waals surface area contributed by atoms with Crippen LogP contribution < -0.4 is 16.8 Å². The van der Waals surface area contributed by atoms with E-state index in [0.717, 1.165) is 12.8 Å². The number of nitrogens with two attached hydrogens (primary N) is 2. The van der Waals surface area contributed by atoms with Crippen LogP contribution in [0.3, 0.4) is 0 Å². The first-order chi connectivity index (χ1) is 13.6. The van der Waals surface area contributed by atoms with Gasteiger partial charge in [0, 0.05) is 40.5 Å². The first kappa shape index (κ1) is 19.3. The standard InChI is InChI=1S/C21H25FN6O/c1-20(2)17(4-6-21(20,3)24)27-18-14(19(23)29)9-26-28-11-12(8-16(18)28)13-5-7-25-10-15(13)22/h5,7-11,17,27H,4,6,24H2,1-3H3,(H2,23,29)/t17-,21-/m1/s1. The van der Waals surface area contributed by atoms with Crippen LogP contribution >= 0.6 is 0 Å². The van der Waals surface area contributed by atoms with Gasteiger partial charge < -0.3 is 16.8 Å². The van der Waals surface area contributed by atoms with Crippen LogP contribution in [0.15, 0.2) is 36.9 Å². The molecule has 5 N–H and O–H groups in total. The zero-order valence-corrected chi connectivity index (χ0v) is 16.7. The van der Waals surface area contributed by atoms with Crippen LogP contribution in [0.5, 0.6) is 0 Å². The average Bonchev–Trinajstić information content (AvgIpc) is 3.16. The molecule has 29 heavy (non-hydrogen) atoms. The minimum Gasteiger partial charge on any atom is -0.379 e. The van der Waals surface area contributed by atoms with Crippen LogP contribution in [0.2, 0.25) is 0 Å². The minimum absolute atomic E-state index is 0.0396. The van der Waals surface area contributed by atoms with E-state index in [1.54, 1.807) is 22.8 Å². The molecular formula is C21H25FN6O. The molecule has 0 bridgehead atoms. The number of nitrogens with one attached hydrogen (secondary N) is 1. The molecule has 152 valence electrons. The summed E-state index contributed by atoms with van der Waals surface area (Å²) in [6.07, 6.45) is 7.58. The number of amides is 1. The van der Waals surface area contributed by atoms with Crippen LogP contribution in [-0.4, -0.2) is 32.1 Å². The highest BCUT2D eigenvalue weighted by atomic mass is 19.1. The molecule has 8 heteroatoms. The molecule has 7 nitrogen and oxygen atoms in total. The quantitative estimate of drug-likeness (QED) is 0.628. The Morgan fingerprint density at radius 1 is 1.34 bits per heavy atom. The highest BCUT2D eigenvalue weighted by molar-refractivity contribution is 6.02. The fraction of sp³-hybridized carbons (Fsp3) is 0.381. The van der Waals surface area contributed by atoms with Gasteiger partial charge in [-0.2, -0.15) is 5.10 Å². The number of hydrogen-bond donors (Lipinski definition) is 3. The summed E-state index contributed by atoms with van der Waals surface area (Å²) in [7, 11) is 0. The summed E-state index contributed by atoms with van der Waals surface area (Å²) in [4.78, 5) is 15.9. The smallest absolute Gasteiger partial charge is 0.252 e. The largest absolute Gasteiger partial charge is 0.379 e. The van der Waals surface area contributed by atoms with Crippen LogP contribution in [0, 0.1) is 11.2 Å².